The average molecular weight is 422 g/mol. The van der Waals surface area contributed by atoms with Gasteiger partial charge in [0.15, 0.2) is 5.65 Å². The molecule has 2 aromatic heterocycles. The molecule has 0 saturated carbocycles. The molecule has 1 N–H and O–H groups in total. The number of likely N-dealkylation sites (tertiary alicyclic amines) is 1. The standard InChI is InChI=1S/C23H26N4O4/c1-14-9-15(12-28)5-6-18(14)27-21-19(16(13-29)7-8-24-21)20(25-27)17-10-26(11-17)22(30)31-23(2,3)4/h5-9,12,17,29H,10-11,13H2,1-4H3. The molecule has 0 atom stereocenters. The quantitative estimate of drug-likeness (QED) is 0.648. The van der Waals surface area contributed by atoms with Gasteiger partial charge < -0.3 is 14.7 Å². The molecule has 8 heteroatoms. The van der Waals surface area contributed by atoms with Gasteiger partial charge in [0.25, 0.3) is 0 Å². The molecule has 31 heavy (non-hydrogen) atoms. The third-order valence-corrected chi connectivity index (χ3v) is 5.36. The largest absolute Gasteiger partial charge is 0.444 e. The van der Waals surface area contributed by atoms with Crippen LogP contribution in [0.25, 0.3) is 16.7 Å². The summed E-state index contributed by atoms with van der Waals surface area (Å²) in [7, 11) is 0. The number of carbonyl (C=O) groups excluding carboxylic acids is 2. The predicted octanol–water partition coefficient (Wildman–Crippen LogP) is 3.37. The highest BCUT2D eigenvalue weighted by Crippen LogP contribution is 2.35. The van der Waals surface area contributed by atoms with Gasteiger partial charge in [-0.3, -0.25) is 4.79 Å². The molecule has 8 nitrogen and oxygen atoms in total. The summed E-state index contributed by atoms with van der Waals surface area (Å²) in [5.74, 6) is 0.0142. The average Bonchev–Trinajstić information content (AvgIpc) is 3.04. The number of hydrogen-bond acceptors (Lipinski definition) is 6. The van der Waals surface area contributed by atoms with Crippen LogP contribution in [0.3, 0.4) is 0 Å². The monoisotopic (exact) mass is 422 g/mol. The fraction of sp³-hybridized carbons (Fsp3) is 0.391. The lowest BCUT2D eigenvalue weighted by atomic mass is 9.93. The van der Waals surface area contributed by atoms with Gasteiger partial charge in [-0.1, -0.05) is 0 Å². The molecule has 1 aromatic carbocycles. The molecule has 4 rings (SSSR count). The molecule has 0 radical (unpaired) electrons. The molecular weight excluding hydrogens is 396 g/mol. The van der Waals surface area contributed by atoms with Crippen molar-refractivity contribution in [1.29, 1.82) is 0 Å². The number of aldehydes is 1. The maximum atomic E-state index is 12.3. The van der Waals surface area contributed by atoms with Gasteiger partial charge in [-0.2, -0.15) is 5.10 Å². The Balaban J connectivity index is 1.72. The zero-order chi connectivity index (χ0) is 22.3. The van der Waals surface area contributed by atoms with E-state index in [-0.39, 0.29) is 18.6 Å². The number of ether oxygens (including phenoxy) is 1. The molecular formula is C23H26N4O4. The van der Waals surface area contributed by atoms with Gasteiger partial charge in [0.05, 0.1) is 18.0 Å². The lowest BCUT2D eigenvalue weighted by Gasteiger charge is -2.39. The van der Waals surface area contributed by atoms with Crippen molar-refractivity contribution >= 4 is 23.4 Å². The van der Waals surface area contributed by atoms with Crippen LogP contribution >= 0.6 is 0 Å². The first-order valence-corrected chi connectivity index (χ1v) is 10.2. The molecule has 1 amide bonds. The Morgan fingerprint density at radius 3 is 2.65 bits per heavy atom. The Labute approximate surface area is 180 Å². The van der Waals surface area contributed by atoms with E-state index >= 15 is 0 Å². The second kappa shape index (κ2) is 7.77. The molecule has 3 aromatic rings. The van der Waals surface area contributed by atoms with E-state index in [1.165, 1.54) is 0 Å². The Morgan fingerprint density at radius 2 is 2.03 bits per heavy atom. The summed E-state index contributed by atoms with van der Waals surface area (Å²) in [6.07, 6.45) is 2.12. The van der Waals surface area contributed by atoms with Crippen LogP contribution in [-0.2, 0) is 11.3 Å². The van der Waals surface area contributed by atoms with E-state index in [9.17, 15) is 14.7 Å². The van der Waals surface area contributed by atoms with Crippen molar-refractivity contribution in [3.8, 4) is 5.69 Å². The van der Waals surface area contributed by atoms with Gasteiger partial charge in [-0.15, -0.1) is 0 Å². The topological polar surface area (TPSA) is 97.6 Å². The number of nitrogens with zero attached hydrogens (tertiary/aromatic N) is 4. The summed E-state index contributed by atoms with van der Waals surface area (Å²) in [6.45, 7) is 8.29. The second-order valence-electron chi connectivity index (χ2n) is 8.87. The number of fused-ring (bicyclic) bond motifs is 1. The van der Waals surface area contributed by atoms with E-state index in [2.05, 4.69) is 4.98 Å². The first kappa shape index (κ1) is 21.0. The maximum absolute atomic E-state index is 12.3. The highest BCUT2D eigenvalue weighted by atomic mass is 16.6. The van der Waals surface area contributed by atoms with Gasteiger partial charge >= 0.3 is 6.09 Å². The fourth-order valence-corrected chi connectivity index (χ4v) is 3.84. The summed E-state index contributed by atoms with van der Waals surface area (Å²) in [5.41, 5.74) is 3.92. The first-order chi connectivity index (χ1) is 14.7. The Bertz CT molecular complexity index is 1160. The lowest BCUT2D eigenvalue weighted by molar-refractivity contribution is 0.00793. The van der Waals surface area contributed by atoms with Gasteiger partial charge in [0.2, 0.25) is 0 Å². The number of pyridine rings is 1. The van der Waals surface area contributed by atoms with Crippen molar-refractivity contribution in [3.05, 3.63) is 52.8 Å². The molecule has 1 fully saturated rings. The number of benzene rings is 1. The molecule has 0 bridgehead atoms. The number of aromatic nitrogens is 3. The summed E-state index contributed by atoms with van der Waals surface area (Å²) in [6, 6.07) is 7.17. The summed E-state index contributed by atoms with van der Waals surface area (Å²) < 4.78 is 7.20. The first-order valence-electron chi connectivity index (χ1n) is 10.2. The number of hydrogen-bond donors (Lipinski definition) is 1. The van der Waals surface area contributed by atoms with Crippen LogP contribution in [0.1, 0.15) is 53.9 Å². The van der Waals surface area contributed by atoms with Crippen molar-refractivity contribution in [2.45, 2.75) is 45.8 Å². The Hall–Kier alpha value is -3.26. The number of aryl methyl sites for hydroxylation is 1. The number of carbonyl (C=O) groups is 2. The van der Waals surface area contributed by atoms with Crippen LogP contribution < -0.4 is 0 Å². The number of rotatable bonds is 4. The molecule has 162 valence electrons. The minimum atomic E-state index is -0.546. The zero-order valence-electron chi connectivity index (χ0n) is 18.1. The minimum absolute atomic E-state index is 0.0142. The molecule has 3 heterocycles. The van der Waals surface area contributed by atoms with E-state index in [4.69, 9.17) is 9.84 Å². The Kier molecular flexibility index (Phi) is 5.26. The van der Waals surface area contributed by atoms with E-state index in [0.29, 0.717) is 24.3 Å². The summed E-state index contributed by atoms with van der Waals surface area (Å²) in [5, 5.41) is 15.6. The molecule has 1 aliphatic heterocycles. The van der Waals surface area contributed by atoms with Crippen LogP contribution in [0.5, 0.6) is 0 Å². The predicted molar refractivity (Wildman–Crippen MR) is 115 cm³/mol. The highest BCUT2D eigenvalue weighted by Gasteiger charge is 2.37. The van der Waals surface area contributed by atoms with E-state index in [1.807, 2.05) is 33.8 Å². The fourth-order valence-electron chi connectivity index (χ4n) is 3.84. The van der Waals surface area contributed by atoms with Crippen LogP contribution in [0.2, 0.25) is 0 Å². The van der Waals surface area contributed by atoms with Crippen molar-refractivity contribution in [3.63, 3.8) is 0 Å². The van der Waals surface area contributed by atoms with Crippen LogP contribution in [0.15, 0.2) is 30.5 Å². The number of aliphatic hydroxyl groups excluding tert-OH is 1. The van der Waals surface area contributed by atoms with Gasteiger partial charge in [0, 0.05) is 36.2 Å². The minimum Gasteiger partial charge on any atom is -0.444 e. The van der Waals surface area contributed by atoms with Crippen LogP contribution in [-0.4, -0.2) is 55.8 Å². The van der Waals surface area contributed by atoms with Crippen molar-refractivity contribution in [2.24, 2.45) is 0 Å². The maximum Gasteiger partial charge on any atom is 0.410 e. The SMILES string of the molecule is Cc1cc(C=O)ccc1-n1nc(C2CN(C(=O)OC(C)(C)C)C2)c2c(CO)ccnc21. The smallest absolute Gasteiger partial charge is 0.410 e. The summed E-state index contributed by atoms with van der Waals surface area (Å²) in [4.78, 5) is 29.6. The zero-order valence-corrected chi connectivity index (χ0v) is 18.1. The molecule has 0 aliphatic carbocycles. The van der Waals surface area contributed by atoms with Gasteiger partial charge in [-0.05, 0) is 63.1 Å². The van der Waals surface area contributed by atoms with Crippen molar-refractivity contribution in [1.82, 2.24) is 19.7 Å². The van der Waals surface area contributed by atoms with E-state index in [1.54, 1.807) is 34.0 Å². The highest BCUT2D eigenvalue weighted by molar-refractivity contribution is 5.85. The third-order valence-electron chi connectivity index (χ3n) is 5.36. The normalized spacial score (nSPS) is 14.5. The molecule has 0 unspecified atom stereocenters. The van der Waals surface area contributed by atoms with Crippen molar-refractivity contribution < 1.29 is 19.4 Å². The molecule has 1 saturated heterocycles. The number of aliphatic hydroxyl groups is 1. The third kappa shape index (κ3) is 3.90. The van der Waals surface area contributed by atoms with E-state index < -0.39 is 5.60 Å². The van der Waals surface area contributed by atoms with Crippen LogP contribution in [0, 0.1) is 6.92 Å². The molecule has 1 aliphatic rings. The van der Waals surface area contributed by atoms with Gasteiger partial charge in [0.1, 0.15) is 11.9 Å². The Morgan fingerprint density at radius 1 is 1.29 bits per heavy atom. The summed E-state index contributed by atoms with van der Waals surface area (Å²) >= 11 is 0. The molecule has 0 spiro atoms. The van der Waals surface area contributed by atoms with Crippen molar-refractivity contribution in [2.75, 3.05) is 13.1 Å². The van der Waals surface area contributed by atoms with Gasteiger partial charge in [-0.25, -0.2) is 14.5 Å². The van der Waals surface area contributed by atoms with E-state index in [0.717, 1.165) is 34.2 Å². The second-order valence-corrected chi connectivity index (χ2v) is 8.87. The van der Waals surface area contributed by atoms with Crippen LogP contribution in [0.4, 0.5) is 4.79 Å². The lowest BCUT2D eigenvalue weighted by Crippen LogP contribution is -2.50. The number of amides is 1.